The fourth-order valence-electron chi connectivity index (χ4n) is 4.19. The van der Waals surface area contributed by atoms with Gasteiger partial charge in [-0.05, 0) is 30.9 Å². The summed E-state index contributed by atoms with van der Waals surface area (Å²) >= 11 is 0. The van der Waals surface area contributed by atoms with E-state index in [1.807, 2.05) is 10.6 Å². The topological polar surface area (TPSA) is 25.2 Å². The van der Waals surface area contributed by atoms with Gasteiger partial charge in [0, 0.05) is 43.9 Å². The van der Waals surface area contributed by atoms with Gasteiger partial charge in [-0.25, -0.2) is 0 Å². The molecule has 2 aliphatic rings. The average molecular weight is 294 g/mol. The van der Waals surface area contributed by atoms with Gasteiger partial charge in [0.2, 0.25) is 0 Å². The van der Waals surface area contributed by atoms with E-state index in [1.165, 1.54) is 23.2 Å². The fourth-order valence-corrected chi connectivity index (χ4v) is 4.19. The second-order valence-electron chi connectivity index (χ2n) is 6.88. The number of hydrogen-bond acceptors (Lipinski definition) is 2. The van der Waals surface area contributed by atoms with Crippen LogP contribution in [-0.4, -0.2) is 22.6 Å². The number of nitrogens with zero attached hydrogens (tertiary/aromatic N) is 2. The van der Waals surface area contributed by atoms with E-state index in [4.69, 9.17) is 0 Å². The predicted molar refractivity (Wildman–Crippen MR) is 88.0 cm³/mol. The van der Waals surface area contributed by atoms with Crippen molar-refractivity contribution < 1.29 is 0 Å². The number of aromatic nitrogens is 1. The molecule has 2 aromatic rings. The van der Waals surface area contributed by atoms with Crippen molar-refractivity contribution in [2.24, 2.45) is 5.92 Å². The Hall–Kier alpha value is -1.87. The highest BCUT2D eigenvalue weighted by molar-refractivity contribution is 5.23. The molecular weight excluding hydrogens is 272 g/mol. The first-order chi connectivity index (χ1) is 10.7. The zero-order valence-corrected chi connectivity index (χ0v) is 13.0. The first-order valence-electron chi connectivity index (χ1n) is 8.17. The molecule has 1 fully saturated rings. The van der Waals surface area contributed by atoms with Gasteiger partial charge < -0.3 is 4.57 Å². The van der Waals surface area contributed by atoms with E-state index in [2.05, 4.69) is 42.2 Å². The number of fused-ring (bicyclic) bond motifs is 4. The standard InChI is InChI=1S/C19H22N2O/c1-14-4-2-5-15(8-14)10-20-11-16-9-17(13-20)18-6-3-7-19(22)21(18)12-16/h2-8,16-17H,9-13H2,1H3/t16-,17-/m1/s1. The molecule has 0 aliphatic carbocycles. The second-order valence-corrected chi connectivity index (χ2v) is 6.88. The van der Waals surface area contributed by atoms with Crippen LogP contribution in [0.4, 0.5) is 0 Å². The first kappa shape index (κ1) is 13.8. The van der Waals surface area contributed by atoms with Crippen LogP contribution < -0.4 is 5.56 Å². The first-order valence-corrected chi connectivity index (χ1v) is 8.17. The maximum Gasteiger partial charge on any atom is 0.250 e. The summed E-state index contributed by atoms with van der Waals surface area (Å²) < 4.78 is 2.00. The lowest BCUT2D eigenvalue weighted by Gasteiger charge is -2.42. The zero-order valence-electron chi connectivity index (χ0n) is 13.0. The van der Waals surface area contributed by atoms with Gasteiger partial charge in [0.1, 0.15) is 0 Å². The summed E-state index contributed by atoms with van der Waals surface area (Å²) in [6, 6.07) is 14.5. The molecule has 0 spiro atoms. The Morgan fingerprint density at radius 3 is 2.82 bits per heavy atom. The molecule has 1 aromatic heterocycles. The highest BCUT2D eigenvalue weighted by atomic mass is 16.1. The van der Waals surface area contributed by atoms with E-state index < -0.39 is 0 Å². The Bertz CT molecular complexity index is 749. The maximum absolute atomic E-state index is 12.1. The van der Waals surface area contributed by atoms with Crippen molar-refractivity contribution in [3.8, 4) is 0 Å². The van der Waals surface area contributed by atoms with E-state index in [9.17, 15) is 4.79 Å². The quantitative estimate of drug-likeness (QED) is 0.851. The van der Waals surface area contributed by atoms with E-state index >= 15 is 0 Å². The smallest absolute Gasteiger partial charge is 0.250 e. The Balaban J connectivity index is 1.57. The third-order valence-corrected chi connectivity index (χ3v) is 5.04. The van der Waals surface area contributed by atoms with Gasteiger partial charge in [-0.3, -0.25) is 9.69 Å². The lowest BCUT2D eigenvalue weighted by atomic mass is 9.83. The number of piperidine rings is 1. The summed E-state index contributed by atoms with van der Waals surface area (Å²) in [6.07, 6.45) is 1.23. The molecule has 2 aliphatic heterocycles. The van der Waals surface area contributed by atoms with Crippen LogP contribution in [0.15, 0.2) is 47.3 Å². The largest absolute Gasteiger partial charge is 0.312 e. The minimum absolute atomic E-state index is 0.166. The van der Waals surface area contributed by atoms with Gasteiger partial charge in [-0.2, -0.15) is 0 Å². The summed E-state index contributed by atoms with van der Waals surface area (Å²) in [5, 5.41) is 0. The Morgan fingerprint density at radius 2 is 1.95 bits per heavy atom. The molecule has 0 saturated carbocycles. The SMILES string of the molecule is Cc1cccc(CN2C[C@H]3C[C@H](C2)c2cccc(=O)n2C3)c1. The molecule has 0 N–H and O–H groups in total. The molecule has 1 aromatic carbocycles. The monoisotopic (exact) mass is 294 g/mol. The van der Waals surface area contributed by atoms with Crippen LogP contribution in [0.5, 0.6) is 0 Å². The minimum atomic E-state index is 0.166. The van der Waals surface area contributed by atoms with Crippen molar-refractivity contribution in [2.75, 3.05) is 13.1 Å². The van der Waals surface area contributed by atoms with Crippen molar-refractivity contribution in [2.45, 2.75) is 32.4 Å². The van der Waals surface area contributed by atoms with Crippen molar-refractivity contribution in [3.63, 3.8) is 0 Å². The molecule has 2 bridgehead atoms. The van der Waals surface area contributed by atoms with Crippen LogP contribution in [-0.2, 0) is 13.1 Å². The highest BCUT2D eigenvalue weighted by Crippen LogP contribution is 2.35. The van der Waals surface area contributed by atoms with Gasteiger partial charge in [0.05, 0.1) is 0 Å². The summed E-state index contributed by atoms with van der Waals surface area (Å²) in [7, 11) is 0. The Labute approximate surface area is 131 Å². The van der Waals surface area contributed by atoms with Crippen molar-refractivity contribution in [1.82, 2.24) is 9.47 Å². The third-order valence-electron chi connectivity index (χ3n) is 5.04. The molecule has 0 unspecified atom stereocenters. The molecule has 0 radical (unpaired) electrons. The van der Waals surface area contributed by atoms with Crippen molar-refractivity contribution in [3.05, 3.63) is 69.6 Å². The fraction of sp³-hybridized carbons (Fsp3) is 0.421. The molecule has 22 heavy (non-hydrogen) atoms. The van der Waals surface area contributed by atoms with Gasteiger partial charge in [0.25, 0.3) is 5.56 Å². The van der Waals surface area contributed by atoms with E-state index in [0.717, 1.165) is 26.2 Å². The second kappa shape index (κ2) is 5.40. The molecule has 0 amide bonds. The number of rotatable bonds is 2. The van der Waals surface area contributed by atoms with Crippen LogP contribution in [0.3, 0.4) is 0 Å². The Morgan fingerprint density at radius 1 is 1.09 bits per heavy atom. The molecule has 114 valence electrons. The molecule has 1 saturated heterocycles. The lowest BCUT2D eigenvalue weighted by Crippen LogP contribution is -2.46. The van der Waals surface area contributed by atoms with Crippen LogP contribution in [0.25, 0.3) is 0 Å². The summed E-state index contributed by atoms with van der Waals surface area (Å²) in [6.45, 7) is 6.22. The van der Waals surface area contributed by atoms with Crippen molar-refractivity contribution >= 4 is 0 Å². The number of hydrogen-bond donors (Lipinski definition) is 0. The number of benzene rings is 1. The predicted octanol–water partition coefficient (Wildman–Crippen LogP) is 2.78. The number of aryl methyl sites for hydroxylation is 1. The third kappa shape index (κ3) is 2.50. The average Bonchev–Trinajstić information content (AvgIpc) is 2.48. The summed E-state index contributed by atoms with van der Waals surface area (Å²) in [5.74, 6) is 1.11. The summed E-state index contributed by atoms with van der Waals surface area (Å²) in [4.78, 5) is 14.6. The molecule has 3 heterocycles. The zero-order chi connectivity index (χ0) is 15.1. The van der Waals surface area contributed by atoms with Crippen LogP contribution in [0, 0.1) is 12.8 Å². The number of pyridine rings is 1. The molecule has 3 nitrogen and oxygen atoms in total. The lowest BCUT2D eigenvalue weighted by molar-refractivity contribution is 0.114. The molecule has 3 heteroatoms. The number of likely N-dealkylation sites (tertiary alicyclic amines) is 1. The molecule has 2 atom stereocenters. The highest BCUT2D eigenvalue weighted by Gasteiger charge is 2.34. The Kier molecular flexibility index (Phi) is 3.38. The van der Waals surface area contributed by atoms with Crippen molar-refractivity contribution in [1.29, 1.82) is 0 Å². The van der Waals surface area contributed by atoms with Gasteiger partial charge in [-0.15, -0.1) is 0 Å². The molecular formula is C19H22N2O. The van der Waals surface area contributed by atoms with Gasteiger partial charge in [0.15, 0.2) is 0 Å². The van der Waals surface area contributed by atoms with Crippen LogP contribution in [0.1, 0.15) is 29.2 Å². The van der Waals surface area contributed by atoms with Gasteiger partial charge in [-0.1, -0.05) is 35.9 Å². The summed E-state index contributed by atoms with van der Waals surface area (Å²) in [5.41, 5.74) is 4.12. The van der Waals surface area contributed by atoms with E-state index in [-0.39, 0.29) is 5.56 Å². The maximum atomic E-state index is 12.1. The molecule has 4 rings (SSSR count). The van der Waals surface area contributed by atoms with E-state index in [1.54, 1.807) is 6.07 Å². The van der Waals surface area contributed by atoms with E-state index in [0.29, 0.717) is 11.8 Å². The van der Waals surface area contributed by atoms with Crippen LogP contribution >= 0.6 is 0 Å². The minimum Gasteiger partial charge on any atom is -0.312 e. The van der Waals surface area contributed by atoms with Gasteiger partial charge >= 0.3 is 0 Å². The normalized spacial score (nSPS) is 24.0. The van der Waals surface area contributed by atoms with Crippen LogP contribution in [0.2, 0.25) is 0 Å².